The minimum atomic E-state index is -0.0206. The zero-order valence-corrected chi connectivity index (χ0v) is 20.9. The minimum absolute atomic E-state index is 0.0206. The van der Waals surface area contributed by atoms with Crippen LogP contribution in [-0.4, -0.2) is 73.0 Å². The molecule has 2 atom stereocenters. The highest BCUT2D eigenvalue weighted by Crippen LogP contribution is 2.27. The number of benzene rings is 1. The van der Waals surface area contributed by atoms with Crippen LogP contribution in [0.5, 0.6) is 5.75 Å². The van der Waals surface area contributed by atoms with Crippen molar-refractivity contribution in [2.45, 2.75) is 46.0 Å². The molecule has 0 bridgehead atoms. The van der Waals surface area contributed by atoms with Crippen LogP contribution in [0.1, 0.15) is 56.4 Å². The van der Waals surface area contributed by atoms with E-state index in [1.807, 2.05) is 36.1 Å². The van der Waals surface area contributed by atoms with E-state index in [0.717, 1.165) is 54.9 Å². The second-order valence-electron chi connectivity index (χ2n) is 10.2. The first kappa shape index (κ1) is 24.6. The maximum absolute atomic E-state index is 13.0. The van der Waals surface area contributed by atoms with Gasteiger partial charge < -0.3 is 24.8 Å². The highest BCUT2D eigenvalue weighted by Gasteiger charge is 2.30. The van der Waals surface area contributed by atoms with E-state index < -0.39 is 0 Å². The normalized spacial score (nSPS) is 20.9. The molecule has 0 unspecified atom stereocenters. The standard InChI is InChI=1S/C27H40N4O3/c1-19-6-4-12-30(18-19)13-5-11-28-26(32)20(2)21-9-14-31(15-10-21)27(33)25-16-22-7-8-23(34-3)17-24(22)29-25/h7-8,16-17,19-21,29H,4-6,9-15,18H2,1-3H3,(H,28,32)/t19-,20-/m0/s1. The Balaban J connectivity index is 1.20. The number of amides is 2. The first-order valence-corrected chi connectivity index (χ1v) is 12.9. The average Bonchev–Trinajstić information content (AvgIpc) is 3.29. The van der Waals surface area contributed by atoms with Gasteiger partial charge in [0.05, 0.1) is 7.11 Å². The van der Waals surface area contributed by atoms with Crippen molar-refractivity contribution in [3.63, 3.8) is 0 Å². The summed E-state index contributed by atoms with van der Waals surface area (Å²) in [5.41, 5.74) is 1.51. The Morgan fingerprint density at radius 1 is 1.18 bits per heavy atom. The van der Waals surface area contributed by atoms with E-state index >= 15 is 0 Å². The molecule has 2 aliphatic rings. The monoisotopic (exact) mass is 468 g/mol. The van der Waals surface area contributed by atoms with E-state index in [4.69, 9.17) is 4.74 Å². The third-order valence-electron chi connectivity index (χ3n) is 7.70. The topological polar surface area (TPSA) is 77.7 Å². The number of H-pyrrole nitrogens is 1. The van der Waals surface area contributed by atoms with Crippen LogP contribution >= 0.6 is 0 Å². The van der Waals surface area contributed by atoms with E-state index in [2.05, 4.69) is 22.1 Å². The number of methoxy groups -OCH3 is 1. The molecule has 0 saturated carbocycles. The van der Waals surface area contributed by atoms with Crippen molar-refractivity contribution in [3.05, 3.63) is 30.0 Å². The lowest BCUT2D eigenvalue weighted by Gasteiger charge is -2.34. The second kappa shape index (κ2) is 11.3. The smallest absolute Gasteiger partial charge is 0.270 e. The molecule has 186 valence electrons. The molecule has 2 saturated heterocycles. The number of carbonyl (C=O) groups is 2. The molecule has 2 amide bonds. The third kappa shape index (κ3) is 5.93. The predicted octanol–water partition coefficient (Wildman–Crippen LogP) is 3.90. The van der Waals surface area contributed by atoms with Crippen LogP contribution in [0.25, 0.3) is 10.9 Å². The fourth-order valence-electron chi connectivity index (χ4n) is 5.50. The van der Waals surface area contributed by atoms with Gasteiger partial charge in [0.25, 0.3) is 5.91 Å². The van der Waals surface area contributed by atoms with Crippen LogP contribution in [0.3, 0.4) is 0 Å². The summed E-state index contributed by atoms with van der Waals surface area (Å²) >= 11 is 0. The molecule has 34 heavy (non-hydrogen) atoms. The molecule has 0 spiro atoms. The number of fused-ring (bicyclic) bond motifs is 1. The number of hydrogen-bond donors (Lipinski definition) is 2. The molecule has 2 fully saturated rings. The zero-order chi connectivity index (χ0) is 24.1. The number of aromatic amines is 1. The van der Waals surface area contributed by atoms with E-state index in [9.17, 15) is 9.59 Å². The molecule has 1 aromatic carbocycles. The van der Waals surface area contributed by atoms with Crippen molar-refractivity contribution in [1.29, 1.82) is 0 Å². The highest BCUT2D eigenvalue weighted by atomic mass is 16.5. The first-order valence-electron chi connectivity index (χ1n) is 12.9. The number of aromatic nitrogens is 1. The molecule has 1 aromatic heterocycles. The van der Waals surface area contributed by atoms with Crippen LogP contribution in [0.15, 0.2) is 24.3 Å². The molecule has 7 heteroatoms. The molecular formula is C27H40N4O3. The van der Waals surface area contributed by atoms with Gasteiger partial charge >= 0.3 is 0 Å². The quantitative estimate of drug-likeness (QED) is 0.576. The Kier molecular flexibility index (Phi) is 8.14. The van der Waals surface area contributed by atoms with Gasteiger partial charge in [0.1, 0.15) is 11.4 Å². The third-order valence-corrected chi connectivity index (χ3v) is 7.70. The number of piperidine rings is 2. The SMILES string of the molecule is COc1ccc2cc(C(=O)N3CCC([C@H](C)C(=O)NCCCN4CCC[C@H](C)C4)CC3)[nH]c2c1. The Morgan fingerprint density at radius 3 is 2.71 bits per heavy atom. The number of rotatable bonds is 8. The molecule has 2 aromatic rings. The van der Waals surface area contributed by atoms with Crippen molar-refractivity contribution in [2.75, 3.05) is 46.4 Å². The number of carbonyl (C=O) groups excluding carboxylic acids is 2. The Morgan fingerprint density at radius 2 is 1.97 bits per heavy atom. The summed E-state index contributed by atoms with van der Waals surface area (Å²) in [6, 6.07) is 7.67. The van der Waals surface area contributed by atoms with Crippen molar-refractivity contribution in [1.82, 2.24) is 20.1 Å². The van der Waals surface area contributed by atoms with Crippen LogP contribution in [0, 0.1) is 17.8 Å². The van der Waals surface area contributed by atoms with E-state index in [1.54, 1.807) is 7.11 Å². The van der Waals surface area contributed by atoms with Crippen molar-refractivity contribution in [3.8, 4) is 5.75 Å². The van der Waals surface area contributed by atoms with E-state index in [1.165, 1.54) is 25.9 Å². The number of nitrogens with zero attached hydrogens (tertiary/aromatic N) is 2. The number of likely N-dealkylation sites (tertiary alicyclic amines) is 2. The summed E-state index contributed by atoms with van der Waals surface area (Å²) in [6.45, 7) is 9.94. The molecule has 7 nitrogen and oxygen atoms in total. The van der Waals surface area contributed by atoms with Gasteiger partial charge in [-0.25, -0.2) is 0 Å². The molecule has 0 aliphatic carbocycles. The summed E-state index contributed by atoms with van der Waals surface area (Å²) in [5, 5.41) is 4.15. The Hall–Kier alpha value is -2.54. The molecule has 0 radical (unpaired) electrons. The molecule has 2 aliphatic heterocycles. The van der Waals surface area contributed by atoms with Gasteiger partial charge in [0.2, 0.25) is 5.91 Å². The Labute approximate surface area is 203 Å². The Bertz CT molecular complexity index is 979. The van der Waals surface area contributed by atoms with Crippen LogP contribution < -0.4 is 10.1 Å². The molecule has 3 heterocycles. The van der Waals surface area contributed by atoms with Gasteiger partial charge in [0.15, 0.2) is 0 Å². The maximum atomic E-state index is 13.0. The lowest BCUT2D eigenvalue weighted by Crippen LogP contribution is -2.43. The first-order chi connectivity index (χ1) is 16.4. The summed E-state index contributed by atoms with van der Waals surface area (Å²) in [6.07, 6.45) is 5.36. The zero-order valence-electron chi connectivity index (χ0n) is 20.9. The fraction of sp³-hybridized carbons (Fsp3) is 0.630. The summed E-state index contributed by atoms with van der Waals surface area (Å²) in [5.74, 6) is 2.04. The maximum Gasteiger partial charge on any atom is 0.270 e. The van der Waals surface area contributed by atoms with Gasteiger partial charge in [-0.1, -0.05) is 13.8 Å². The lowest BCUT2D eigenvalue weighted by atomic mass is 9.84. The lowest BCUT2D eigenvalue weighted by molar-refractivity contribution is -0.126. The van der Waals surface area contributed by atoms with Gasteiger partial charge in [0, 0.05) is 49.1 Å². The highest BCUT2D eigenvalue weighted by molar-refractivity contribution is 5.98. The summed E-state index contributed by atoms with van der Waals surface area (Å²) < 4.78 is 5.27. The summed E-state index contributed by atoms with van der Waals surface area (Å²) in [4.78, 5) is 33.4. The average molecular weight is 469 g/mol. The van der Waals surface area contributed by atoms with Crippen LogP contribution in [-0.2, 0) is 4.79 Å². The van der Waals surface area contributed by atoms with Crippen molar-refractivity contribution < 1.29 is 14.3 Å². The van der Waals surface area contributed by atoms with Crippen molar-refractivity contribution >= 4 is 22.7 Å². The van der Waals surface area contributed by atoms with Crippen LogP contribution in [0.4, 0.5) is 0 Å². The largest absolute Gasteiger partial charge is 0.497 e. The van der Waals surface area contributed by atoms with Crippen LogP contribution in [0.2, 0.25) is 0 Å². The predicted molar refractivity (Wildman–Crippen MR) is 135 cm³/mol. The fourth-order valence-corrected chi connectivity index (χ4v) is 5.50. The van der Waals surface area contributed by atoms with Crippen molar-refractivity contribution in [2.24, 2.45) is 17.8 Å². The minimum Gasteiger partial charge on any atom is -0.497 e. The molecular weight excluding hydrogens is 428 g/mol. The number of hydrogen-bond acceptors (Lipinski definition) is 4. The summed E-state index contributed by atoms with van der Waals surface area (Å²) in [7, 11) is 1.64. The number of nitrogens with one attached hydrogen (secondary N) is 2. The van der Waals surface area contributed by atoms with E-state index in [0.29, 0.717) is 24.7 Å². The van der Waals surface area contributed by atoms with Gasteiger partial charge in [-0.2, -0.15) is 0 Å². The number of ether oxygens (including phenoxy) is 1. The second-order valence-corrected chi connectivity index (χ2v) is 10.2. The van der Waals surface area contributed by atoms with Gasteiger partial charge in [-0.15, -0.1) is 0 Å². The van der Waals surface area contributed by atoms with Gasteiger partial charge in [-0.05, 0) is 75.2 Å². The molecule has 4 rings (SSSR count). The van der Waals surface area contributed by atoms with Gasteiger partial charge in [-0.3, -0.25) is 9.59 Å². The molecule has 2 N–H and O–H groups in total. The van der Waals surface area contributed by atoms with E-state index in [-0.39, 0.29) is 17.7 Å².